The number of aryl methyl sites for hydroxylation is 1. The first-order valence-electron chi connectivity index (χ1n) is 7.72. The van der Waals surface area contributed by atoms with Crippen molar-refractivity contribution in [3.63, 3.8) is 0 Å². The van der Waals surface area contributed by atoms with Crippen LogP contribution in [0, 0.1) is 29.5 Å². The number of rotatable bonds is 5. The molecule has 112 valence electrons. The van der Waals surface area contributed by atoms with Crippen LogP contribution < -0.4 is 5.32 Å². The van der Waals surface area contributed by atoms with Crippen molar-refractivity contribution in [3.8, 4) is 0 Å². The zero-order chi connectivity index (χ0) is 15.1. The summed E-state index contributed by atoms with van der Waals surface area (Å²) in [5, 5.41) is 3.65. The molecule has 1 fully saturated rings. The Morgan fingerprint density at radius 3 is 2.20 bits per heavy atom. The third-order valence-corrected chi connectivity index (χ3v) is 5.50. The highest BCUT2D eigenvalue weighted by Gasteiger charge is 2.67. The van der Waals surface area contributed by atoms with Crippen LogP contribution in [0.2, 0.25) is 0 Å². The molecule has 0 spiro atoms. The van der Waals surface area contributed by atoms with Gasteiger partial charge in [-0.2, -0.15) is 0 Å². The van der Waals surface area contributed by atoms with Gasteiger partial charge in [-0.3, -0.25) is 0 Å². The van der Waals surface area contributed by atoms with Crippen molar-refractivity contribution in [1.82, 2.24) is 5.32 Å². The first-order chi connectivity index (χ1) is 9.21. The summed E-state index contributed by atoms with van der Waals surface area (Å²) >= 11 is 0. The van der Waals surface area contributed by atoms with Gasteiger partial charge in [0.05, 0.1) is 0 Å². The van der Waals surface area contributed by atoms with Crippen molar-refractivity contribution in [2.24, 2.45) is 16.7 Å². The Labute approximate surface area is 123 Å². The molecule has 0 heterocycles. The number of hydrogen-bond acceptors (Lipinski definition) is 1. The lowest BCUT2D eigenvalue weighted by atomic mass is 9.95. The zero-order valence-electron chi connectivity index (χ0n) is 13.7. The van der Waals surface area contributed by atoms with Crippen LogP contribution in [0.5, 0.6) is 0 Å². The van der Waals surface area contributed by atoms with Gasteiger partial charge >= 0.3 is 0 Å². The van der Waals surface area contributed by atoms with Crippen molar-refractivity contribution in [1.29, 1.82) is 0 Å². The number of benzene rings is 1. The van der Waals surface area contributed by atoms with Crippen LogP contribution >= 0.6 is 0 Å². The molecule has 1 saturated carbocycles. The predicted octanol–water partition coefficient (Wildman–Crippen LogP) is 4.86. The summed E-state index contributed by atoms with van der Waals surface area (Å²) in [5.41, 5.74) is 2.68. The molecular formula is C18H28FN. The monoisotopic (exact) mass is 277 g/mol. The zero-order valence-corrected chi connectivity index (χ0v) is 13.7. The van der Waals surface area contributed by atoms with Crippen molar-refractivity contribution in [2.75, 3.05) is 6.54 Å². The molecule has 0 amide bonds. The highest BCUT2D eigenvalue weighted by atomic mass is 19.1. The average Bonchev–Trinajstić information content (AvgIpc) is 2.71. The molecule has 0 radical (unpaired) electrons. The molecule has 20 heavy (non-hydrogen) atoms. The normalized spacial score (nSPS) is 21.8. The largest absolute Gasteiger partial charge is 0.310 e. The highest BCUT2D eigenvalue weighted by molar-refractivity contribution is 5.31. The Morgan fingerprint density at radius 2 is 1.75 bits per heavy atom. The van der Waals surface area contributed by atoms with E-state index in [4.69, 9.17) is 0 Å². The quantitative estimate of drug-likeness (QED) is 0.810. The van der Waals surface area contributed by atoms with Gasteiger partial charge in [0.2, 0.25) is 0 Å². The highest BCUT2D eigenvalue weighted by Crippen LogP contribution is 2.72. The molecule has 1 aromatic carbocycles. The van der Waals surface area contributed by atoms with Gasteiger partial charge in [-0.1, -0.05) is 40.7 Å². The summed E-state index contributed by atoms with van der Waals surface area (Å²) in [6.07, 6.45) is 1.10. The maximum Gasteiger partial charge on any atom is 0.123 e. The van der Waals surface area contributed by atoms with E-state index in [2.05, 4.69) is 46.0 Å². The maximum absolute atomic E-state index is 13.8. The molecule has 1 aliphatic rings. The second kappa shape index (κ2) is 5.14. The van der Waals surface area contributed by atoms with Crippen LogP contribution in [-0.2, 0) is 0 Å². The Bertz CT molecular complexity index is 456. The molecule has 0 saturated heterocycles. The van der Waals surface area contributed by atoms with Gasteiger partial charge in [0.1, 0.15) is 5.82 Å². The van der Waals surface area contributed by atoms with Gasteiger partial charge in [0, 0.05) is 6.04 Å². The summed E-state index contributed by atoms with van der Waals surface area (Å²) in [6, 6.07) is 5.67. The molecule has 1 N–H and O–H groups in total. The minimum Gasteiger partial charge on any atom is -0.310 e. The summed E-state index contributed by atoms with van der Waals surface area (Å²) in [5.74, 6) is 0.419. The van der Waals surface area contributed by atoms with Crippen molar-refractivity contribution in [2.45, 2.75) is 54.0 Å². The van der Waals surface area contributed by atoms with E-state index in [0.29, 0.717) is 16.7 Å². The molecule has 2 heteroatoms. The molecule has 1 atom stereocenters. The fourth-order valence-electron chi connectivity index (χ4n) is 3.75. The first kappa shape index (κ1) is 15.5. The van der Waals surface area contributed by atoms with E-state index in [9.17, 15) is 4.39 Å². The average molecular weight is 277 g/mol. The van der Waals surface area contributed by atoms with Crippen LogP contribution in [0.15, 0.2) is 18.2 Å². The Balaban J connectivity index is 2.34. The lowest BCUT2D eigenvalue weighted by Crippen LogP contribution is -2.26. The van der Waals surface area contributed by atoms with Gasteiger partial charge in [-0.25, -0.2) is 4.39 Å². The summed E-state index contributed by atoms with van der Waals surface area (Å²) < 4.78 is 13.8. The third-order valence-electron chi connectivity index (χ3n) is 5.50. The van der Waals surface area contributed by atoms with E-state index in [1.54, 1.807) is 12.1 Å². The second-order valence-electron chi connectivity index (χ2n) is 7.41. The van der Waals surface area contributed by atoms with E-state index in [1.807, 2.05) is 6.92 Å². The number of hydrogen-bond donors (Lipinski definition) is 1. The van der Waals surface area contributed by atoms with E-state index in [0.717, 1.165) is 24.1 Å². The van der Waals surface area contributed by atoms with Gasteiger partial charge in [0.25, 0.3) is 0 Å². The molecule has 0 bridgehead atoms. The lowest BCUT2D eigenvalue weighted by Gasteiger charge is -2.22. The molecule has 0 aromatic heterocycles. The van der Waals surface area contributed by atoms with Gasteiger partial charge < -0.3 is 5.32 Å². The van der Waals surface area contributed by atoms with Crippen molar-refractivity contribution in [3.05, 3.63) is 35.1 Å². The molecule has 0 aliphatic heterocycles. The lowest BCUT2D eigenvalue weighted by molar-refractivity contribution is 0.408. The molecular weight excluding hydrogens is 249 g/mol. The Hall–Kier alpha value is -0.890. The van der Waals surface area contributed by atoms with E-state index >= 15 is 0 Å². The van der Waals surface area contributed by atoms with Crippen molar-refractivity contribution >= 4 is 0 Å². The molecule has 2 rings (SSSR count). The van der Waals surface area contributed by atoms with Crippen LogP contribution in [0.1, 0.15) is 58.2 Å². The van der Waals surface area contributed by atoms with Gasteiger partial charge in [0.15, 0.2) is 0 Å². The van der Waals surface area contributed by atoms with Gasteiger partial charge in [-0.15, -0.1) is 0 Å². The fourth-order valence-corrected chi connectivity index (χ4v) is 3.75. The minimum absolute atomic E-state index is 0.125. The van der Waals surface area contributed by atoms with Crippen LogP contribution in [0.4, 0.5) is 4.39 Å². The molecule has 1 aromatic rings. The summed E-state index contributed by atoms with van der Waals surface area (Å²) in [6.45, 7) is 14.4. The van der Waals surface area contributed by atoms with E-state index in [1.165, 1.54) is 0 Å². The summed E-state index contributed by atoms with van der Waals surface area (Å²) in [7, 11) is 0. The topological polar surface area (TPSA) is 12.0 Å². The van der Waals surface area contributed by atoms with Gasteiger partial charge in [-0.05, 0) is 59.9 Å². The number of nitrogens with one attached hydrogen (secondary N) is 1. The maximum atomic E-state index is 13.8. The standard InChI is InChI=1S/C18H28FN/c1-7-8-20-15(16-17(3,4)18(16,5)6)13-9-12(2)10-14(19)11-13/h9-11,15-16,20H,7-8H2,1-6H3. The van der Waals surface area contributed by atoms with E-state index < -0.39 is 0 Å². The molecule has 1 unspecified atom stereocenters. The number of halogens is 1. The Morgan fingerprint density at radius 1 is 1.15 bits per heavy atom. The van der Waals surface area contributed by atoms with E-state index in [-0.39, 0.29) is 11.9 Å². The fraction of sp³-hybridized carbons (Fsp3) is 0.667. The van der Waals surface area contributed by atoms with Crippen LogP contribution in [-0.4, -0.2) is 6.54 Å². The third kappa shape index (κ3) is 2.50. The van der Waals surface area contributed by atoms with Crippen LogP contribution in [0.3, 0.4) is 0 Å². The van der Waals surface area contributed by atoms with Crippen molar-refractivity contribution < 1.29 is 4.39 Å². The molecule has 1 nitrogen and oxygen atoms in total. The smallest absolute Gasteiger partial charge is 0.123 e. The first-order valence-corrected chi connectivity index (χ1v) is 7.72. The second-order valence-corrected chi connectivity index (χ2v) is 7.41. The van der Waals surface area contributed by atoms with Crippen LogP contribution in [0.25, 0.3) is 0 Å². The summed E-state index contributed by atoms with van der Waals surface area (Å²) in [4.78, 5) is 0. The predicted molar refractivity (Wildman–Crippen MR) is 83.2 cm³/mol. The Kier molecular flexibility index (Phi) is 3.98. The SMILES string of the molecule is CCCNC(c1cc(C)cc(F)c1)C1C(C)(C)C1(C)C. The molecule has 1 aliphatic carbocycles. The minimum atomic E-state index is -0.125.